The molecule has 1 aromatic carbocycles. The molecule has 6 heteroatoms. The molecule has 0 bridgehead atoms. The first kappa shape index (κ1) is 18.5. The summed E-state index contributed by atoms with van der Waals surface area (Å²) in [5.41, 5.74) is 2.65. The largest absolute Gasteiger partial charge is 0.384 e. The van der Waals surface area contributed by atoms with Crippen molar-refractivity contribution in [1.29, 1.82) is 0 Å². The Morgan fingerprint density at radius 2 is 2.00 bits per heavy atom. The summed E-state index contributed by atoms with van der Waals surface area (Å²) in [6.45, 7) is 6.04. The number of hydrogen-bond acceptors (Lipinski definition) is 4. The molecule has 0 saturated carbocycles. The van der Waals surface area contributed by atoms with Crippen LogP contribution in [0, 0.1) is 0 Å². The number of aromatic nitrogens is 1. The highest BCUT2D eigenvalue weighted by Gasteiger charge is 2.22. The molecule has 1 amide bonds. The van der Waals surface area contributed by atoms with E-state index in [0.29, 0.717) is 18.7 Å². The zero-order valence-corrected chi connectivity index (χ0v) is 15.9. The lowest BCUT2D eigenvalue weighted by atomic mass is 10.2. The van der Waals surface area contributed by atoms with Crippen LogP contribution in [0.2, 0.25) is 5.02 Å². The third-order valence-corrected chi connectivity index (χ3v) is 4.82. The van der Waals surface area contributed by atoms with Crippen LogP contribution in [0.4, 0.5) is 11.4 Å². The Bertz CT molecular complexity index is 744. The number of anilines is 2. The maximum absolute atomic E-state index is 12.8. The van der Waals surface area contributed by atoms with Crippen molar-refractivity contribution in [2.24, 2.45) is 0 Å². The smallest absolute Gasteiger partial charge is 0.255 e. The first-order valence-electron chi connectivity index (χ1n) is 9.16. The quantitative estimate of drug-likeness (QED) is 0.781. The van der Waals surface area contributed by atoms with Crippen molar-refractivity contribution in [3.05, 3.63) is 53.3 Å². The molecule has 1 aliphatic rings. The summed E-state index contributed by atoms with van der Waals surface area (Å²) >= 11 is 6.08. The number of halogens is 1. The van der Waals surface area contributed by atoms with E-state index < -0.39 is 0 Å². The zero-order chi connectivity index (χ0) is 18.4. The molecule has 1 saturated heterocycles. The Labute approximate surface area is 160 Å². The molecule has 1 N–H and O–H groups in total. The Hall–Kier alpha value is -2.27. The number of unbranched alkanes of at least 4 members (excludes halogenated alkanes) is 1. The summed E-state index contributed by atoms with van der Waals surface area (Å²) in [6, 6.07) is 9.75. The van der Waals surface area contributed by atoms with Gasteiger partial charge in [0.25, 0.3) is 5.91 Å². The van der Waals surface area contributed by atoms with Gasteiger partial charge in [0, 0.05) is 55.8 Å². The van der Waals surface area contributed by atoms with Crippen LogP contribution in [-0.4, -0.2) is 48.5 Å². The first-order chi connectivity index (χ1) is 12.7. The van der Waals surface area contributed by atoms with Gasteiger partial charge in [-0.05, 0) is 30.7 Å². The average molecular weight is 373 g/mol. The molecule has 0 aliphatic carbocycles. The Balaban J connectivity index is 1.59. The molecule has 2 aromatic rings. The van der Waals surface area contributed by atoms with Gasteiger partial charge in [0.1, 0.15) is 0 Å². The molecule has 1 aliphatic heterocycles. The van der Waals surface area contributed by atoms with Crippen molar-refractivity contribution in [2.75, 3.05) is 42.9 Å². The van der Waals surface area contributed by atoms with Crippen LogP contribution in [0.1, 0.15) is 30.1 Å². The molecule has 5 nitrogen and oxygen atoms in total. The highest BCUT2D eigenvalue weighted by molar-refractivity contribution is 6.30. The fourth-order valence-electron chi connectivity index (χ4n) is 3.09. The maximum atomic E-state index is 12.8. The highest BCUT2D eigenvalue weighted by Crippen LogP contribution is 2.21. The van der Waals surface area contributed by atoms with E-state index in [9.17, 15) is 4.79 Å². The number of carbonyl (C=O) groups is 1. The fraction of sp³-hybridized carbons (Fsp3) is 0.400. The lowest BCUT2D eigenvalue weighted by Gasteiger charge is -2.36. The summed E-state index contributed by atoms with van der Waals surface area (Å²) in [5, 5.41) is 4.06. The van der Waals surface area contributed by atoms with Crippen LogP contribution in [0.15, 0.2) is 42.7 Å². The Morgan fingerprint density at radius 1 is 1.19 bits per heavy atom. The second kappa shape index (κ2) is 8.90. The van der Waals surface area contributed by atoms with E-state index in [1.54, 1.807) is 12.4 Å². The normalized spacial score (nSPS) is 14.4. The summed E-state index contributed by atoms with van der Waals surface area (Å²) in [5.74, 6) is 0.0439. The van der Waals surface area contributed by atoms with E-state index >= 15 is 0 Å². The molecular formula is C20H25ClN4O. The standard InChI is InChI=1S/C20H25ClN4O/c1-2-3-7-23-18-12-16(14-22-15-18)20(26)25-10-8-24(9-11-25)19-6-4-5-17(21)13-19/h4-6,12-15,23H,2-3,7-11H2,1H3. The Morgan fingerprint density at radius 3 is 2.73 bits per heavy atom. The number of nitrogens with zero attached hydrogens (tertiary/aromatic N) is 3. The van der Waals surface area contributed by atoms with Gasteiger partial charge in [0.2, 0.25) is 0 Å². The van der Waals surface area contributed by atoms with Gasteiger partial charge in [0.05, 0.1) is 11.3 Å². The van der Waals surface area contributed by atoms with Crippen molar-refractivity contribution in [3.63, 3.8) is 0 Å². The SMILES string of the molecule is CCCCNc1cncc(C(=O)N2CCN(c3cccc(Cl)c3)CC2)c1. The van der Waals surface area contributed by atoms with Crippen molar-refractivity contribution < 1.29 is 4.79 Å². The average Bonchev–Trinajstić information content (AvgIpc) is 2.68. The number of benzene rings is 1. The summed E-state index contributed by atoms with van der Waals surface area (Å²) in [4.78, 5) is 21.2. The van der Waals surface area contributed by atoms with Gasteiger partial charge in [-0.15, -0.1) is 0 Å². The van der Waals surface area contributed by atoms with Crippen LogP contribution < -0.4 is 10.2 Å². The van der Waals surface area contributed by atoms with Crippen LogP contribution in [0.5, 0.6) is 0 Å². The van der Waals surface area contributed by atoms with Crippen molar-refractivity contribution in [2.45, 2.75) is 19.8 Å². The molecule has 26 heavy (non-hydrogen) atoms. The molecule has 0 unspecified atom stereocenters. The minimum Gasteiger partial charge on any atom is -0.384 e. The van der Waals surface area contributed by atoms with Crippen LogP contribution in [0.25, 0.3) is 0 Å². The van der Waals surface area contributed by atoms with Gasteiger partial charge in [-0.2, -0.15) is 0 Å². The van der Waals surface area contributed by atoms with Gasteiger partial charge in [-0.3, -0.25) is 9.78 Å². The molecule has 1 fully saturated rings. The van der Waals surface area contributed by atoms with Crippen LogP contribution >= 0.6 is 11.6 Å². The zero-order valence-electron chi connectivity index (χ0n) is 15.1. The van der Waals surface area contributed by atoms with Gasteiger partial charge in [0.15, 0.2) is 0 Å². The highest BCUT2D eigenvalue weighted by atomic mass is 35.5. The predicted molar refractivity (Wildman–Crippen MR) is 107 cm³/mol. The fourth-order valence-corrected chi connectivity index (χ4v) is 3.27. The Kier molecular flexibility index (Phi) is 6.34. The summed E-state index contributed by atoms with van der Waals surface area (Å²) < 4.78 is 0. The van der Waals surface area contributed by atoms with Crippen molar-refractivity contribution in [1.82, 2.24) is 9.88 Å². The lowest BCUT2D eigenvalue weighted by Crippen LogP contribution is -2.48. The monoisotopic (exact) mass is 372 g/mol. The van der Waals surface area contributed by atoms with E-state index in [0.717, 1.165) is 48.9 Å². The number of rotatable bonds is 6. The minimum atomic E-state index is 0.0439. The minimum absolute atomic E-state index is 0.0439. The van der Waals surface area contributed by atoms with Gasteiger partial charge in [-0.1, -0.05) is 31.0 Å². The number of nitrogens with one attached hydrogen (secondary N) is 1. The second-order valence-corrected chi connectivity index (χ2v) is 6.94. The topological polar surface area (TPSA) is 48.5 Å². The molecule has 0 spiro atoms. The molecule has 0 atom stereocenters. The number of hydrogen-bond donors (Lipinski definition) is 1. The number of pyridine rings is 1. The summed E-state index contributed by atoms with van der Waals surface area (Å²) in [6.07, 6.45) is 5.65. The molecule has 2 heterocycles. The van der Waals surface area contributed by atoms with Gasteiger partial charge < -0.3 is 15.1 Å². The number of carbonyl (C=O) groups excluding carboxylic acids is 1. The molecule has 0 radical (unpaired) electrons. The van der Waals surface area contributed by atoms with Crippen LogP contribution in [0.3, 0.4) is 0 Å². The van der Waals surface area contributed by atoms with E-state index in [-0.39, 0.29) is 5.91 Å². The molecular weight excluding hydrogens is 348 g/mol. The summed E-state index contributed by atoms with van der Waals surface area (Å²) in [7, 11) is 0. The molecule has 138 valence electrons. The molecule has 1 aromatic heterocycles. The van der Waals surface area contributed by atoms with E-state index in [1.165, 1.54) is 0 Å². The third-order valence-electron chi connectivity index (χ3n) is 4.58. The number of piperazine rings is 1. The predicted octanol–water partition coefficient (Wildman–Crippen LogP) is 3.91. The van der Waals surface area contributed by atoms with E-state index in [4.69, 9.17) is 11.6 Å². The van der Waals surface area contributed by atoms with Gasteiger partial charge >= 0.3 is 0 Å². The maximum Gasteiger partial charge on any atom is 0.255 e. The second-order valence-electron chi connectivity index (χ2n) is 6.50. The van der Waals surface area contributed by atoms with Crippen molar-refractivity contribution >= 4 is 28.9 Å². The lowest BCUT2D eigenvalue weighted by molar-refractivity contribution is 0.0746. The van der Waals surface area contributed by atoms with E-state index in [2.05, 4.69) is 28.2 Å². The molecule has 3 rings (SSSR count). The van der Waals surface area contributed by atoms with Crippen LogP contribution in [-0.2, 0) is 0 Å². The number of amides is 1. The first-order valence-corrected chi connectivity index (χ1v) is 9.54. The van der Waals surface area contributed by atoms with E-state index in [1.807, 2.05) is 29.2 Å². The van der Waals surface area contributed by atoms with Crippen molar-refractivity contribution in [3.8, 4) is 0 Å². The van der Waals surface area contributed by atoms with Gasteiger partial charge in [-0.25, -0.2) is 0 Å². The third kappa shape index (κ3) is 4.67.